The van der Waals surface area contributed by atoms with Crippen LogP contribution in [0.1, 0.15) is 78.3 Å². The van der Waals surface area contributed by atoms with Gasteiger partial charge in [0, 0.05) is 12.6 Å². The molecule has 13 heteroatoms. The Morgan fingerprint density at radius 2 is 1.81 bits per heavy atom. The van der Waals surface area contributed by atoms with Crippen LogP contribution in [-0.4, -0.2) is 63.1 Å². The van der Waals surface area contributed by atoms with E-state index in [1.165, 1.54) is 25.7 Å². The van der Waals surface area contributed by atoms with Crippen LogP contribution in [0.25, 0.3) is 0 Å². The number of carbonyl (C=O) groups excluding carboxylic acids is 3. The van der Waals surface area contributed by atoms with Gasteiger partial charge in [-0.15, -0.1) is 0 Å². The van der Waals surface area contributed by atoms with E-state index in [0.717, 1.165) is 12.8 Å². The fraction of sp³-hybridized carbons (Fsp3) is 0.739. The molecule has 2 saturated heterocycles. The summed E-state index contributed by atoms with van der Waals surface area (Å²) in [6.07, 6.45) is -3.03. The Labute approximate surface area is 207 Å². The van der Waals surface area contributed by atoms with Crippen LogP contribution in [0.4, 0.5) is 18.4 Å². The van der Waals surface area contributed by atoms with Crippen molar-refractivity contribution in [3.8, 4) is 0 Å². The molecule has 4 rings (SSSR count). The second-order valence-electron chi connectivity index (χ2n) is 11.5. The second-order valence-corrected chi connectivity index (χ2v) is 11.5. The molecule has 1 aliphatic carbocycles. The van der Waals surface area contributed by atoms with E-state index in [2.05, 4.69) is 10.5 Å². The van der Waals surface area contributed by atoms with Crippen LogP contribution in [-0.2, 0) is 25.7 Å². The number of fused-ring (bicyclic) bond motifs is 3. The van der Waals surface area contributed by atoms with E-state index >= 15 is 0 Å². The maximum absolute atomic E-state index is 14.6. The van der Waals surface area contributed by atoms with Gasteiger partial charge in [0.1, 0.15) is 16.9 Å². The number of halogens is 2. The van der Waals surface area contributed by atoms with E-state index in [1.807, 2.05) is 0 Å². The smallest absolute Gasteiger partial charge is 0.453 e. The van der Waals surface area contributed by atoms with Crippen molar-refractivity contribution < 1.29 is 42.0 Å². The standard InChI is InChI=1S/C23H32F2N4O7/c1-20(2,3)33-17(30)23(24,25)36-29-16-12-28(19(29)32)15(10-22(16)7-8-22)14-9-13(35-27-14)11-26-18(31)34-21(4,5)6/h9,15-16H,7-8,10-12H2,1-6H3,(H,26,31)/t15-,16+/m0/s1. The molecule has 36 heavy (non-hydrogen) atoms. The molecule has 3 amide bonds. The average molecular weight is 515 g/mol. The van der Waals surface area contributed by atoms with Crippen LogP contribution < -0.4 is 5.32 Å². The molecule has 1 aromatic heterocycles. The van der Waals surface area contributed by atoms with Gasteiger partial charge in [0.25, 0.3) is 0 Å². The summed E-state index contributed by atoms with van der Waals surface area (Å²) in [7, 11) is 0. The lowest BCUT2D eigenvalue weighted by Crippen LogP contribution is -2.48. The fourth-order valence-electron chi connectivity index (χ4n) is 4.54. The normalized spacial score (nSPS) is 23.2. The number of hydrogen-bond acceptors (Lipinski definition) is 8. The Morgan fingerprint density at radius 1 is 1.17 bits per heavy atom. The number of nitrogens with zero attached hydrogens (tertiary/aromatic N) is 3. The van der Waals surface area contributed by atoms with Crippen molar-refractivity contribution in [3.63, 3.8) is 0 Å². The first-order chi connectivity index (χ1) is 16.5. The molecule has 3 aliphatic rings. The zero-order valence-corrected chi connectivity index (χ0v) is 21.2. The van der Waals surface area contributed by atoms with Gasteiger partial charge >= 0.3 is 24.2 Å². The van der Waals surface area contributed by atoms with Crippen LogP contribution in [0, 0.1) is 5.41 Å². The summed E-state index contributed by atoms with van der Waals surface area (Å²) in [6, 6.07) is -0.327. The number of nitrogens with one attached hydrogen (secondary N) is 1. The minimum absolute atomic E-state index is 0.0215. The number of alkyl halides is 2. The van der Waals surface area contributed by atoms with Gasteiger partial charge in [-0.05, 0) is 66.2 Å². The molecule has 11 nitrogen and oxygen atoms in total. The Kier molecular flexibility index (Phi) is 6.21. The minimum Gasteiger partial charge on any atom is -0.453 e. The summed E-state index contributed by atoms with van der Waals surface area (Å²) in [5, 5.41) is 7.26. The van der Waals surface area contributed by atoms with Crippen LogP contribution in [0.2, 0.25) is 0 Å². The van der Waals surface area contributed by atoms with E-state index in [-0.39, 0.29) is 13.1 Å². The predicted molar refractivity (Wildman–Crippen MR) is 118 cm³/mol. The van der Waals surface area contributed by atoms with Gasteiger partial charge in [0.15, 0.2) is 5.76 Å². The molecule has 200 valence electrons. The van der Waals surface area contributed by atoms with Crippen molar-refractivity contribution in [3.05, 3.63) is 17.5 Å². The summed E-state index contributed by atoms with van der Waals surface area (Å²) < 4.78 is 44.5. The van der Waals surface area contributed by atoms with Crippen molar-refractivity contribution in [2.45, 2.75) is 96.7 Å². The van der Waals surface area contributed by atoms with Crippen molar-refractivity contribution in [1.82, 2.24) is 20.4 Å². The monoisotopic (exact) mass is 514 g/mol. The Hall–Kier alpha value is -2.96. The molecule has 3 fully saturated rings. The third kappa shape index (κ3) is 5.40. The lowest BCUT2D eigenvalue weighted by atomic mass is 9.84. The van der Waals surface area contributed by atoms with Gasteiger partial charge in [-0.25, -0.2) is 14.4 Å². The predicted octanol–water partition coefficient (Wildman–Crippen LogP) is 3.90. The zero-order valence-electron chi connectivity index (χ0n) is 21.2. The molecule has 1 N–H and O–H groups in total. The van der Waals surface area contributed by atoms with Gasteiger partial charge in [0.2, 0.25) is 0 Å². The summed E-state index contributed by atoms with van der Waals surface area (Å²) in [5.74, 6) is -1.52. The number of urea groups is 1. The Bertz CT molecular complexity index is 1040. The number of amides is 3. The summed E-state index contributed by atoms with van der Waals surface area (Å²) in [4.78, 5) is 43.2. The molecule has 0 unspecified atom stereocenters. The molecule has 0 radical (unpaired) electrons. The van der Waals surface area contributed by atoms with Gasteiger partial charge in [-0.1, -0.05) is 5.16 Å². The highest BCUT2D eigenvalue weighted by molar-refractivity contribution is 5.79. The number of hydroxylamine groups is 2. The fourth-order valence-corrected chi connectivity index (χ4v) is 4.54. The number of esters is 1. The summed E-state index contributed by atoms with van der Waals surface area (Å²) in [5.41, 5.74) is -1.79. The highest BCUT2D eigenvalue weighted by Crippen LogP contribution is 2.62. The highest BCUT2D eigenvalue weighted by Gasteiger charge is 2.65. The number of hydrogen-bond donors (Lipinski definition) is 1. The molecule has 3 heterocycles. The number of carbonyl (C=O) groups is 3. The molecule has 2 aliphatic heterocycles. The third-order valence-corrected chi connectivity index (χ3v) is 6.24. The first-order valence-electron chi connectivity index (χ1n) is 11.8. The summed E-state index contributed by atoms with van der Waals surface area (Å²) in [6.45, 7) is 9.77. The lowest BCUT2D eigenvalue weighted by Gasteiger charge is -2.36. The number of piperidine rings is 1. The maximum atomic E-state index is 14.6. The van der Waals surface area contributed by atoms with Crippen LogP contribution in [0.3, 0.4) is 0 Å². The van der Waals surface area contributed by atoms with Crippen molar-refractivity contribution in [2.75, 3.05) is 6.54 Å². The molecule has 1 saturated carbocycles. The summed E-state index contributed by atoms with van der Waals surface area (Å²) >= 11 is 0. The van der Waals surface area contributed by atoms with Crippen LogP contribution in [0.5, 0.6) is 0 Å². The maximum Gasteiger partial charge on any atom is 0.477 e. The number of alkyl carbamates (subject to hydrolysis) is 1. The molecular formula is C23H32F2N4O7. The van der Waals surface area contributed by atoms with Crippen LogP contribution in [0.15, 0.2) is 10.6 Å². The molecule has 2 atom stereocenters. The van der Waals surface area contributed by atoms with Gasteiger partial charge in [-0.3, -0.25) is 0 Å². The molecule has 2 bridgehead atoms. The highest BCUT2D eigenvalue weighted by atomic mass is 19.3. The third-order valence-electron chi connectivity index (χ3n) is 6.24. The first-order valence-corrected chi connectivity index (χ1v) is 11.8. The minimum atomic E-state index is -4.33. The molecule has 1 spiro atoms. The van der Waals surface area contributed by atoms with E-state index < -0.39 is 52.9 Å². The van der Waals surface area contributed by atoms with Gasteiger partial charge in [0.05, 0.1) is 18.6 Å². The topological polar surface area (TPSA) is 123 Å². The quantitative estimate of drug-likeness (QED) is 0.567. The first kappa shape index (κ1) is 26.1. The van der Waals surface area contributed by atoms with Crippen LogP contribution >= 0.6 is 0 Å². The molecule has 1 aromatic rings. The SMILES string of the molecule is CC(C)(C)OC(=O)NCc1cc([C@@H]2CC3(CC3)[C@H]3CN2C(=O)N3OC(F)(F)C(=O)OC(C)(C)C)no1. The van der Waals surface area contributed by atoms with E-state index in [9.17, 15) is 23.2 Å². The van der Waals surface area contributed by atoms with Crippen molar-refractivity contribution in [2.24, 2.45) is 5.41 Å². The Balaban J connectivity index is 1.46. The van der Waals surface area contributed by atoms with E-state index in [1.54, 1.807) is 26.8 Å². The van der Waals surface area contributed by atoms with Gasteiger partial charge < -0.3 is 24.2 Å². The second kappa shape index (κ2) is 8.56. The molecule has 0 aromatic carbocycles. The van der Waals surface area contributed by atoms with Crippen molar-refractivity contribution in [1.29, 1.82) is 0 Å². The zero-order chi connectivity index (χ0) is 26.7. The molecular weight excluding hydrogens is 482 g/mol. The van der Waals surface area contributed by atoms with Gasteiger partial charge in [-0.2, -0.15) is 18.7 Å². The van der Waals surface area contributed by atoms with Crippen molar-refractivity contribution >= 4 is 18.1 Å². The average Bonchev–Trinajstić information content (AvgIpc) is 3.22. The number of aromatic nitrogens is 1. The number of ether oxygens (including phenoxy) is 2. The van der Waals surface area contributed by atoms with E-state index in [4.69, 9.17) is 18.8 Å². The largest absolute Gasteiger partial charge is 0.477 e. The Morgan fingerprint density at radius 3 is 2.39 bits per heavy atom. The lowest BCUT2D eigenvalue weighted by molar-refractivity contribution is -0.335. The number of rotatable bonds is 6. The van der Waals surface area contributed by atoms with E-state index in [0.29, 0.717) is 22.9 Å².